The number of nitrogens with one attached hydrogen (secondary N) is 1. The van der Waals surface area contributed by atoms with Gasteiger partial charge in [0.15, 0.2) is 0 Å². The predicted octanol–water partition coefficient (Wildman–Crippen LogP) is 1.24. The van der Waals surface area contributed by atoms with Crippen LogP contribution in [-0.4, -0.2) is 49.8 Å². The zero-order chi connectivity index (χ0) is 10.7. The maximum absolute atomic E-state index is 5.40. The fraction of sp³-hybridized carbons (Fsp3) is 1.00. The lowest BCUT2D eigenvalue weighted by molar-refractivity contribution is 0.0357. The maximum atomic E-state index is 5.40. The number of nitrogens with zero attached hydrogens (tertiary/aromatic N) is 1. The Kier molecular flexibility index (Phi) is 3.65. The average Bonchev–Trinajstić information content (AvgIpc) is 2.66. The Morgan fingerprint density at radius 2 is 2.13 bits per heavy atom. The summed E-state index contributed by atoms with van der Waals surface area (Å²) >= 11 is 0. The molecule has 15 heavy (non-hydrogen) atoms. The van der Waals surface area contributed by atoms with Crippen molar-refractivity contribution in [2.45, 2.75) is 44.2 Å². The average molecular weight is 212 g/mol. The summed E-state index contributed by atoms with van der Waals surface area (Å²) < 4.78 is 5.40. The first-order valence-corrected chi connectivity index (χ1v) is 6.23. The van der Waals surface area contributed by atoms with E-state index >= 15 is 0 Å². The van der Waals surface area contributed by atoms with Crippen molar-refractivity contribution in [2.75, 3.05) is 33.4 Å². The monoisotopic (exact) mass is 212 g/mol. The molecule has 0 aromatic carbocycles. The molecule has 0 saturated carbocycles. The van der Waals surface area contributed by atoms with Crippen molar-refractivity contribution in [2.24, 2.45) is 0 Å². The molecule has 0 radical (unpaired) electrons. The van der Waals surface area contributed by atoms with E-state index in [1.165, 1.54) is 38.8 Å². The molecule has 0 spiro atoms. The predicted molar refractivity (Wildman–Crippen MR) is 62.1 cm³/mol. The van der Waals surface area contributed by atoms with Gasteiger partial charge in [0.2, 0.25) is 0 Å². The summed E-state index contributed by atoms with van der Waals surface area (Å²) in [6.45, 7) is 6.61. The molecule has 1 atom stereocenters. The zero-order valence-electron chi connectivity index (χ0n) is 10.1. The topological polar surface area (TPSA) is 24.5 Å². The zero-order valence-corrected chi connectivity index (χ0v) is 10.1. The van der Waals surface area contributed by atoms with Crippen molar-refractivity contribution >= 4 is 0 Å². The fourth-order valence-electron chi connectivity index (χ4n) is 2.90. The Morgan fingerprint density at radius 3 is 2.73 bits per heavy atom. The normalized spacial score (nSPS) is 33.8. The molecule has 2 aliphatic heterocycles. The van der Waals surface area contributed by atoms with E-state index in [1.54, 1.807) is 0 Å². The summed E-state index contributed by atoms with van der Waals surface area (Å²) in [6, 6.07) is 0.734. The molecule has 3 heteroatoms. The summed E-state index contributed by atoms with van der Waals surface area (Å²) in [5, 5.41) is 3.63. The van der Waals surface area contributed by atoms with Crippen molar-refractivity contribution < 1.29 is 4.74 Å². The second-order valence-electron chi connectivity index (χ2n) is 5.35. The maximum Gasteiger partial charge on any atom is 0.0480 e. The molecule has 2 heterocycles. The van der Waals surface area contributed by atoms with Crippen LogP contribution in [0.25, 0.3) is 0 Å². The quantitative estimate of drug-likeness (QED) is 0.762. The van der Waals surface area contributed by atoms with Crippen LogP contribution in [0.15, 0.2) is 0 Å². The standard InChI is InChI=1S/C12H24N2O/c1-12(6-3-7-13-12)10-14(2)11-4-8-15-9-5-11/h11,13H,3-10H2,1-2H3. The van der Waals surface area contributed by atoms with Crippen LogP contribution in [0.1, 0.15) is 32.6 Å². The van der Waals surface area contributed by atoms with Gasteiger partial charge in [-0.05, 0) is 46.2 Å². The summed E-state index contributed by atoms with van der Waals surface area (Å²) in [5.41, 5.74) is 0.354. The van der Waals surface area contributed by atoms with E-state index in [4.69, 9.17) is 4.74 Å². The Balaban J connectivity index is 1.82. The summed E-state index contributed by atoms with van der Waals surface area (Å²) in [7, 11) is 2.27. The smallest absolute Gasteiger partial charge is 0.0480 e. The fourth-order valence-corrected chi connectivity index (χ4v) is 2.90. The Morgan fingerprint density at radius 1 is 1.40 bits per heavy atom. The first-order valence-electron chi connectivity index (χ1n) is 6.23. The molecule has 0 aliphatic carbocycles. The van der Waals surface area contributed by atoms with Crippen molar-refractivity contribution in [1.29, 1.82) is 0 Å². The van der Waals surface area contributed by atoms with Crippen LogP contribution in [0, 0.1) is 0 Å². The van der Waals surface area contributed by atoms with Crippen molar-refractivity contribution in [3.63, 3.8) is 0 Å². The summed E-state index contributed by atoms with van der Waals surface area (Å²) in [4.78, 5) is 2.53. The highest BCUT2D eigenvalue weighted by Gasteiger charge is 2.31. The Hall–Kier alpha value is -0.120. The van der Waals surface area contributed by atoms with Crippen LogP contribution in [0.4, 0.5) is 0 Å². The molecule has 0 aromatic rings. The second-order valence-corrected chi connectivity index (χ2v) is 5.35. The van der Waals surface area contributed by atoms with Gasteiger partial charge in [0.1, 0.15) is 0 Å². The van der Waals surface area contributed by atoms with Crippen LogP contribution in [-0.2, 0) is 4.74 Å². The number of likely N-dealkylation sites (N-methyl/N-ethyl adjacent to an activating group) is 1. The minimum Gasteiger partial charge on any atom is -0.381 e. The van der Waals surface area contributed by atoms with E-state index in [2.05, 4.69) is 24.2 Å². The van der Waals surface area contributed by atoms with Gasteiger partial charge in [-0.25, -0.2) is 0 Å². The number of rotatable bonds is 3. The molecule has 88 valence electrons. The molecular formula is C12H24N2O. The van der Waals surface area contributed by atoms with Crippen molar-refractivity contribution in [3.05, 3.63) is 0 Å². The SMILES string of the molecule is CN(CC1(C)CCCN1)C1CCOCC1. The molecule has 0 amide bonds. The summed E-state index contributed by atoms with van der Waals surface area (Å²) in [5.74, 6) is 0. The molecule has 2 rings (SSSR count). The number of hydrogen-bond acceptors (Lipinski definition) is 3. The van der Waals surface area contributed by atoms with Gasteiger partial charge in [0.05, 0.1) is 0 Å². The van der Waals surface area contributed by atoms with Gasteiger partial charge in [-0.15, -0.1) is 0 Å². The largest absolute Gasteiger partial charge is 0.381 e. The summed E-state index contributed by atoms with van der Waals surface area (Å²) in [6.07, 6.45) is 5.05. The third-order valence-electron chi connectivity index (χ3n) is 3.87. The molecule has 2 aliphatic rings. The highest BCUT2D eigenvalue weighted by molar-refractivity contribution is 4.92. The first kappa shape index (κ1) is 11.4. The van der Waals surface area contributed by atoms with Gasteiger partial charge in [0, 0.05) is 31.3 Å². The van der Waals surface area contributed by atoms with Gasteiger partial charge >= 0.3 is 0 Å². The first-order chi connectivity index (χ1) is 7.20. The molecule has 1 N–H and O–H groups in total. The van der Waals surface area contributed by atoms with Gasteiger partial charge in [-0.2, -0.15) is 0 Å². The molecule has 0 bridgehead atoms. The Bertz CT molecular complexity index is 196. The van der Waals surface area contributed by atoms with E-state index in [0.29, 0.717) is 5.54 Å². The second kappa shape index (κ2) is 4.81. The molecule has 3 nitrogen and oxygen atoms in total. The minimum absolute atomic E-state index is 0.354. The number of hydrogen-bond donors (Lipinski definition) is 1. The third kappa shape index (κ3) is 2.92. The lowest BCUT2D eigenvalue weighted by Crippen LogP contribution is -2.50. The van der Waals surface area contributed by atoms with E-state index in [9.17, 15) is 0 Å². The van der Waals surface area contributed by atoms with E-state index in [1.807, 2.05) is 0 Å². The van der Waals surface area contributed by atoms with Gasteiger partial charge in [-0.1, -0.05) is 0 Å². The van der Waals surface area contributed by atoms with Gasteiger partial charge in [0.25, 0.3) is 0 Å². The molecular weight excluding hydrogens is 188 g/mol. The highest BCUT2D eigenvalue weighted by atomic mass is 16.5. The number of ether oxygens (including phenoxy) is 1. The molecule has 0 aromatic heterocycles. The van der Waals surface area contributed by atoms with Crippen LogP contribution in [0.5, 0.6) is 0 Å². The molecule has 2 fully saturated rings. The lowest BCUT2D eigenvalue weighted by atomic mass is 9.97. The molecule has 2 saturated heterocycles. The van der Waals surface area contributed by atoms with E-state index < -0.39 is 0 Å². The van der Waals surface area contributed by atoms with Crippen molar-refractivity contribution in [3.8, 4) is 0 Å². The highest BCUT2D eigenvalue weighted by Crippen LogP contribution is 2.22. The van der Waals surface area contributed by atoms with Gasteiger partial charge in [-0.3, -0.25) is 0 Å². The van der Waals surface area contributed by atoms with Crippen LogP contribution in [0.3, 0.4) is 0 Å². The lowest BCUT2D eigenvalue weighted by Gasteiger charge is -2.37. The van der Waals surface area contributed by atoms with Crippen LogP contribution < -0.4 is 5.32 Å². The third-order valence-corrected chi connectivity index (χ3v) is 3.87. The minimum atomic E-state index is 0.354. The molecule has 1 unspecified atom stereocenters. The van der Waals surface area contributed by atoms with Gasteiger partial charge < -0.3 is 15.0 Å². The van der Waals surface area contributed by atoms with E-state index in [-0.39, 0.29) is 0 Å². The van der Waals surface area contributed by atoms with Crippen LogP contribution in [0.2, 0.25) is 0 Å². The Labute approximate surface area is 93.2 Å². The van der Waals surface area contributed by atoms with E-state index in [0.717, 1.165) is 19.3 Å². The van der Waals surface area contributed by atoms with Crippen molar-refractivity contribution in [1.82, 2.24) is 10.2 Å². The van der Waals surface area contributed by atoms with Crippen LogP contribution >= 0.6 is 0 Å².